The van der Waals surface area contributed by atoms with Crippen LogP contribution < -0.4 is 5.32 Å². The van der Waals surface area contributed by atoms with E-state index in [1.807, 2.05) is 19.1 Å². The average Bonchev–Trinajstić information content (AvgIpc) is 2.61. The van der Waals surface area contributed by atoms with Crippen molar-refractivity contribution in [2.75, 3.05) is 11.9 Å². The van der Waals surface area contributed by atoms with Crippen molar-refractivity contribution in [2.45, 2.75) is 19.8 Å². The number of anilines is 1. The second kappa shape index (κ2) is 9.64. The second-order valence-corrected chi connectivity index (χ2v) is 5.88. The number of carbonyl (C=O) groups is 2. The van der Waals surface area contributed by atoms with Crippen LogP contribution in [0.4, 0.5) is 5.69 Å². The molecule has 0 spiro atoms. The molecule has 0 saturated carbocycles. The van der Waals surface area contributed by atoms with E-state index >= 15 is 0 Å². The number of rotatable bonds is 7. The Morgan fingerprint density at radius 3 is 2.64 bits per heavy atom. The zero-order valence-corrected chi connectivity index (χ0v) is 14.8. The molecule has 2 aromatic rings. The molecule has 0 unspecified atom stereocenters. The Kier molecular flexibility index (Phi) is 7.23. The highest BCUT2D eigenvalue weighted by Gasteiger charge is 2.08. The quantitative estimate of drug-likeness (QED) is 0.433. The van der Waals surface area contributed by atoms with Gasteiger partial charge >= 0.3 is 5.97 Å². The van der Waals surface area contributed by atoms with Gasteiger partial charge in [-0.3, -0.25) is 4.79 Å². The van der Waals surface area contributed by atoms with Gasteiger partial charge in [0.2, 0.25) is 5.91 Å². The molecule has 1 N–H and O–H groups in total. The van der Waals surface area contributed by atoms with Gasteiger partial charge in [-0.15, -0.1) is 0 Å². The van der Waals surface area contributed by atoms with E-state index in [0.29, 0.717) is 22.9 Å². The van der Waals surface area contributed by atoms with Crippen LogP contribution in [0.1, 0.15) is 35.7 Å². The summed E-state index contributed by atoms with van der Waals surface area (Å²) in [6.45, 7) is 2.43. The lowest BCUT2D eigenvalue weighted by Gasteiger charge is -2.06. The standard InChI is InChI=1S/C20H20ClNO3/c1-2-3-13-25-20(24)16-5-4-6-18(14-16)22-19(23)12-9-15-7-10-17(21)11-8-15/h4-12,14H,2-3,13H2,1H3,(H,22,23)/b12-9+. The molecule has 0 bridgehead atoms. The van der Waals surface area contributed by atoms with Gasteiger partial charge in [-0.1, -0.05) is 43.1 Å². The van der Waals surface area contributed by atoms with Crippen LogP contribution in [0.5, 0.6) is 0 Å². The summed E-state index contributed by atoms with van der Waals surface area (Å²) in [5, 5.41) is 3.37. The summed E-state index contributed by atoms with van der Waals surface area (Å²) in [6, 6.07) is 13.8. The van der Waals surface area contributed by atoms with Crippen LogP contribution in [0.2, 0.25) is 5.02 Å². The third kappa shape index (κ3) is 6.43. The lowest BCUT2D eigenvalue weighted by Crippen LogP contribution is -2.10. The number of nitrogens with one attached hydrogen (secondary N) is 1. The maximum absolute atomic E-state index is 12.0. The van der Waals surface area contributed by atoms with Gasteiger partial charge in [-0.25, -0.2) is 4.79 Å². The molecule has 0 saturated heterocycles. The highest BCUT2D eigenvalue weighted by Crippen LogP contribution is 2.13. The molecular weight excluding hydrogens is 338 g/mol. The van der Waals surface area contributed by atoms with E-state index in [1.165, 1.54) is 6.08 Å². The number of carbonyl (C=O) groups excluding carboxylic acids is 2. The smallest absolute Gasteiger partial charge is 0.338 e. The molecule has 2 rings (SSSR count). The molecule has 0 radical (unpaired) electrons. The Labute approximate surface area is 152 Å². The number of unbranched alkanes of at least 4 members (excludes halogenated alkanes) is 1. The van der Waals surface area contributed by atoms with Crippen LogP contribution in [0, 0.1) is 0 Å². The summed E-state index contributed by atoms with van der Waals surface area (Å²) in [5.41, 5.74) is 1.82. The second-order valence-electron chi connectivity index (χ2n) is 5.44. The molecule has 130 valence electrons. The lowest BCUT2D eigenvalue weighted by molar-refractivity contribution is -0.111. The highest BCUT2D eigenvalue weighted by atomic mass is 35.5. The topological polar surface area (TPSA) is 55.4 Å². The van der Waals surface area contributed by atoms with Crippen molar-refractivity contribution in [3.8, 4) is 0 Å². The first-order chi connectivity index (χ1) is 12.1. The van der Waals surface area contributed by atoms with E-state index < -0.39 is 0 Å². The van der Waals surface area contributed by atoms with Gasteiger partial charge in [0.1, 0.15) is 0 Å². The normalized spacial score (nSPS) is 10.6. The third-order valence-corrected chi connectivity index (χ3v) is 3.65. The molecule has 0 aromatic heterocycles. The fourth-order valence-electron chi connectivity index (χ4n) is 2.05. The van der Waals surface area contributed by atoms with Crippen LogP contribution in [0.25, 0.3) is 6.08 Å². The van der Waals surface area contributed by atoms with E-state index in [0.717, 1.165) is 18.4 Å². The summed E-state index contributed by atoms with van der Waals surface area (Å²) in [4.78, 5) is 23.9. The summed E-state index contributed by atoms with van der Waals surface area (Å²) in [5.74, 6) is -0.673. The molecule has 0 heterocycles. The fourth-order valence-corrected chi connectivity index (χ4v) is 2.17. The molecule has 0 aliphatic carbocycles. The largest absolute Gasteiger partial charge is 0.462 e. The minimum Gasteiger partial charge on any atom is -0.462 e. The fraction of sp³-hybridized carbons (Fsp3) is 0.200. The van der Waals surface area contributed by atoms with Gasteiger partial charge < -0.3 is 10.1 Å². The zero-order chi connectivity index (χ0) is 18.1. The SMILES string of the molecule is CCCCOC(=O)c1cccc(NC(=O)/C=C/c2ccc(Cl)cc2)c1. The van der Waals surface area contributed by atoms with Crippen LogP contribution in [0.15, 0.2) is 54.6 Å². The minimum atomic E-state index is -0.388. The summed E-state index contributed by atoms with van der Waals surface area (Å²) >= 11 is 5.82. The van der Waals surface area contributed by atoms with Gasteiger partial charge in [-0.05, 0) is 48.4 Å². The van der Waals surface area contributed by atoms with Gasteiger partial charge in [0.25, 0.3) is 0 Å². The number of esters is 1. The number of hydrogen-bond donors (Lipinski definition) is 1. The van der Waals surface area contributed by atoms with E-state index in [9.17, 15) is 9.59 Å². The summed E-state index contributed by atoms with van der Waals surface area (Å²) < 4.78 is 5.17. The molecular formula is C20H20ClNO3. The van der Waals surface area contributed by atoms with Gasteiger partial charge in [0.15, 0.2) is 0 Å². The van der Waals surface area contributed by atoms with Crippen LogP contribution >= 0.6 is 11.6 Å². The van der Waals surface area contributed by atoms with E-state index in [-0.39, 0.29) is 11.9 Å². The van der Waals surface area contributed by atoms with Crippen molar-refractivity contribution in [2.24, 2.45) is 0 Å². The molecule has 2 aromatic carbocycles. The summed E-state index contributed by atoms with van der Waals surface area (Å²) in [6.07, 6.45) is 4.91. The number of benzene rings is 2. The van der Waals surface area contributed by atoms with Crippen molar-refractivity contribution in [1.82, 2.24) is 0 Å². The maximum Gasteiger partial charge on any atom is 0.338 e. The number of ether oxygens (including phenoxy) is 1. The Morgan fingerprint density at radius 1 is 1.16 bits per heavy atom. The molecule has 0 aliphatic heterocycles. The Hall–Kier alpha value is -2.59. The van der Waals surface area contributed by atoms with Gasteiger partial charge in [-0.2, -0.15) is 0 Å². The molecule has 0 aliphatic rings. The molecule has 4 nitrogen and oxygen atoms in total. The highest BCUT2D eigenvalue weighted by molar-refractivity contribution is 6.30. The summed E-state index contributed by atoms with van der Waals surface area (Å²) in [7, 11) is 0. The Balaban J connectivity index is 1.95. The lowest BCUT2D eigenvalue weighted by atomic mass is 10.2. The van der Waals surface area contributed by atoms with Crippen molar-refractivity contribution in [3.05, 3.63) is 70.8 Å². The van der Waals surface area contributed by atoms with Crippen LogP contribution in [0.3, 0.4) is 0 Å². The monoisotopic (exact) mass is 357 g/mol. The predicted molar refractivity (Wildman–Crippen MR) is 101 cm³/mol. The number of hydrogen-bond acceptors (Lipinski definition) is 3. The van der Waals surface area contributed by atoms with E-state index in [4.69, 9.17) is 16.3 Å². The molecule has 25 heavy (non-hydrogen) atoms. The molecule has 0 fully saturated rings. The van der Waals surface area contributed by atoms with Crippen molar-refractivity contribution in [1.29, 1.82) is 0 Å². The third-order valence-electron chi connectivity index (χ3n) is 3.39. The van der Waals surface area contributed by atoms with Crippen molar-refractivity contribution >= 4 is 35.2 Å². The van der Waals surface area contributed by atoms with Gasteiger partial charge in [0, 0.05) is 16.8 Å². The zero-order valence-electron chi connectivity index (χ0n) is 14.0. The first kappa shape index (κ1) is 18.7. The molecule has 1 amide bonds. The van der Waals surface area contributed by atoms with E-state index in [2.05, 4.69) is 5.32 Å². The Bertz CT molecular complexity index is 754. The van der Waals surface area contributed by atoms with Crippen LogP contribution in [-0.2, 0) is 9.53 Å². The van der Waals surface area contributed by atoms with E-state index in [1.54, 1.807) is 42.5 Å². The first-order valence-electron chi connectivity index (χ1n) is 8.10. The average molecular weight is 358 g/mol. The van der Waals surface area contributed by atoms with Crippen LogP contribution in [-0.4, -0.2) is 18.5 Å². The maximum atomic E-state index is 12.0. The van der Waals surface area contributed by atoms with Gasteiger partial charge in [0.05, 0.1) is 12.2 Å². The molecule has 5 heteroatoms. The van der Waals surface area contributed by atoms with Crippen molar-refractivity contribution < 1.29 is 14.3 Å². The predicted octanol–water partition coefficient (Wildman–Crippen LogP) is 4.95. The van der Waals surface area contributed by atoms with Crippen molar-refractivity contribution in [3.63, 3.8) is 0 Å². The number of halogens is 1. The first-order valence-corrected chi connectivity index (χ1v) is 8.48. The number of amides is 1. The molecule has 0 atom stereocenters. The Morgan fingerprint density at radius 2 is 1.92 bits per heavy atom. The minimum absolute atomic E-state index is 0.286.